The molecule has 2 atom stereocenters. The van der Waals surface area contributed by atoms with E-state index in [4.69, 9.17) is 0 Å². The summed E-state index contributed by atoms with van der Waals surface area (Å²) >= 11 is 0. The molecule has 1 aromatic rings. The van der Waals surface area contributed by atoms with Gasteiger partial charge in [0.25, 0.3) is 5.69 Å². The lowest BCUT2D eigenvalue weighted by atomic mass is 9.83. The Morgan fingerprint density at radius 1 is 1.36 bits per heavy atom. The second-order valence-corrected chi connectivity index (χ2v) is 7.80. The van der Waals surface area contributed by atoms with E-state index in [1.54, 1.807) is 0 Å². The van der Waals surface area contributed by atoms with Gasteiger partial charge in [0.2, 0.25) is 10.0 Å². The second-order valence-electron chi connectivity index (χ2n) is 6.06. The molecular weight excluding hydrogens is 306 g/mol. The lowest BCUT2D eigenvalue weighted by molar-refractivity contribution is -0.387. The molecule has 1 saturated carbocycles. The van der Waals surface area contributed by atoms with Crippen molar-refractivity contribution in [3.05, 3.63) is 34.4 Å². The Hall–Kier alpha value is -1.51. The number of nitrogens with one attached hydrogen (secondary N) is 2. The number of nitro groups is 1. The Balaban J connectivity index is 1.81. The van der Waals surface area contributed by atoms with E-state index < -0.39 is 14.9 Å². The molecule has 2 fully saturated rings. The summed E-state index contributed by atoms with van der Waals surface area (Å²) in [5.41, 5.74) is -0.434. The molecular formula is C14H19N3O4S. The van der Waals surface area contributed by atoms with Crippen LogP contribution in [0.1, 0.15) is 25.7 Å². The summed E-state index contributed by atoms with van der Waals surface area (Å²) in [5, 5.41) is 14.4. The third kappa shape index (κ3) is 2.62. The molecule has 2 aliphatic rings. The first-order chi connectivity index (χ1) is 10.4. The van der Waals surface area contributed by atoms with Crippen LogP contribution >= 0.6 is 0 Å². The highest BCUT2D eigenvalue weighted by molar-refractivity contribution is 7.89. The van der Waals surface area contributed by atoms with Crippen LogP contribution in [0.25, 0.3) is 0 Å². The molecule has 1 aliphatic carbocycles. The smallest absolute Gasteiger partial charge is 0.289 e. The van der Waals surface area contributed by atoms with Gasteiger partial charge in [0.15, 0.2) is 4.90 Å². The van der Waals surface area contributed by atoms with Gasteiger partial charge in [-0.15, -0.1) is 0 Å². The van der Waals surface area contributed by atoms with Gasteiger partial charge in [-0.25, -0.2) is 13.1 Å². The molecule has 7 nitrogen and oxygen atoms in total. The van der Waals surface area contributed by atoms with Crippen molar-refractivity contribution in [2.24, 2.45) is 5.41 Å². The number of sulfonamides is 1. The van der Waals surface area contributed by atoms with Crippen LogP contribution in [0.2, 0.25) is 0 Å². The number of rotatable bonds is 5. The van der Waals surface area contributed by atoms with Gasteiger partial charge < -0.3 is 5.32 Å². The number of hydrogen-bond donors (Lipinski definition) is 2. The number of hydrogen-bond acceptors (Lipinski definition) is 5. The summed E-state index contributed by atoms with van der Waals surface area (Å²) in [7, 11) is -3.89. The van der Waals surface area contributed by atoms with Gasteiger partial charge in [0.05, 0.1) is 4.92 Å². The summed E-state index contributed by atoms with van der Waals surface area (Å²) < 4.78 is 27.5. The zero-order valence-corrected chi connectivity index (χ0v) is 12.9. The minimum absolute atomic E-state index is 0.0450. The molecule has 8 heteroatoms. The molecule has 1 saturated heterocycles. The van der Waals surface area contributed by atoms with Crippen molar-refractivity contribution in [1.29, 1.82) is 0 Å². The fourth-order valence-corrected chi connectivity index (χ4v) is 5.01. The van der Waals surface area contributed by atoms with Gasteiger partial charge in [0, 0.05) is 24.1 Å². The largest absolute Gasteiger partial charge is 0.313 e. The van der Waals surface area contributed by atoms with Gasteiger partial charge >= 0.3 is 0 Å². The Kier molecular flexibility index (Phi) is 3.92. The maximum Gasteiger partial charge on any atom is 0.289 e. The maximum atomic E-state index is 12.5. The predicted molar refractivity (Wildman–Crippen MR) is 81.0 cm³/mol. The number of benzene rings is 1. The fraction of sp³-hybridized carbons (Fsp3) is 0.571. The average Bonchev–Trinajstić information content (AvgIpc) is 3.05. The molecule has 1 aromatic carbocycles. The molecule has 120 valence electrons. The number of nitro benzene ring substituents is 1. The van der Waals surface area contributed by atoms with Crippen molar-refractivity contribution >= 4 is 15.7 Å². The molecule has 1 heterocycles. The third-order valence-corrected chi connectivity index (χ3v) is 6.33. The van der Waals surface area contributed by atoms with E-state index in [9.17, 15) is 18.5 Å². The van der Waals surface area contributed by atoms with Crippen molar-refractivity contribution < 1.29 is 13.3 Å². The molecule has 2 N–H and O–H groups in total. The highest BCUT2D eigenvalue weighted by atomic mass is 32.2. The monoisotopic (exact) mass is 325 g/mol. The van der Waals surface area contributed by atoms with E-state index in [-0.39, 0.29) is 16.0 Å². The molecule has 0 bridgehead atoms. The van der Waals surface area contributed by atoms with Crippen molar-refractivity contribution in [2.75, 3.05) is 13.1 Å². The number of para-hydroxylation sites is 1. The first-order valence-corrected chi connectivity index (χ1v) is 8.89. The summed E-state index contributed by atoms with van der Waals surface area (Å²) in [5.74, 6) is 0. The zero-order chi connectivity index (χ0) is 15.8. The van der Waals surface area contributed by atoms with Crippen LogP contribution in [0.15, 0.2) is 29.2 Å². The van der Waals surface area contributed by atoms with Crippen molar-refractivity contribution in [1.82, 2.24) is 10.0 Å². The molecule has 0 spiro atoms. The van der Waals surface area contributed by atoms with E-state index in [1.165, 1.54) is 24.3 Å². The fourth-order valence-electron chi connectivity index (χ4n) is 3.70. The Bertz CT molecular complexity index is 679. The van der Waals surface area contributed by atoms with Crippen LogP contribution in [-0.2, 0) is 10.0 Å². The van der Waals surface area contributed by atoms with E-state index in [0.29, 0.717) is 12.6 Å². The standard InChI is InChI=1S/C14H19N3O4S/c18-17(19)11-4-1-2-5-12(11)22(20,21)16-10-14-7-3-6-13(14)15-9-8-14/h1-2,4-5,13,15-16H,3,6-10H2/t13-,14-/m1/s1. The lowest BCUT2D eigenvalue weighted by Crippen LogP contribution is -2.42. The molecule has 3 rings (SSSR count). The van der Waals surface area contributed by atoms with E-state index in [2.05, 4.69) is 10.0 Å². The average molecular weight is 325 g/mol. The molecule has 0 aromatic heterocycles. The van der Waals surface area contributed by atoms with Crippen LogP contribution in [-0.4, -0.2) is 32.5 Å². The van der Waals surface area contributed by atoms with E-state index in [1.807, 2.05) is 0 Å². The van der Waals surface area contributed by atoms with E-state index >= 15 is 0 Å². The SMILES string of the molecule is O=[N+]([O-])c1ccccc1S(=O)(=O)NC[C@]12CCC[C@H]1NCC2. The van der Waals surface area contributed by atoms with Crippen LogP contribution in [0.5, 0.6) is 0 Å². The Labute approximate surface area is 129 Å². The highest BCUT2D eigenvalue weighted by Gasteiger charge is 2.46. The van der Waals surface area contributed by atoms with Gasteiger partial charge in [-0.05, 0) is 31.9 Å². The van der Waals surface area contributed by atoms with Gasteiger partial charge in [-0.1, -0.05) is 18.6 Å². The van der Waals surface area contributed by atoms with Gasteiger partial charge in [-0.3, -0.25) is 10.1 Å². The van der Waals surface area contributed by atoms with Crippen molar-refractivity contribution in [3.63, 3.8) is 0 Å². The highest BCUT2D eigenvalue weighted by Crippen LogP contribution is 2.44. The minimum atomic E-state index is -3.89. The molecule has 1 aliphatic heterocycles. The normalized spacial score (nSPS) is 27.7. The molecule has 0 radical (unpaired) electrons. The molecule has 22 heavy (non-hydrogen) atoms. The number of fused-ring (bicyclic) bond motifs is 1. The second kappa shape index (κ2) is 5.60. The third-order valence-electron chi connectivity index (χ3n) is 4.89. The molecule has 0 amide bonds. The summed E-state index contributed by atoms with van der Waals surface area (Å²) in [4.78, 5) is 10.1. The zero-order valence-electron chi connectivity index (χ0n) is 12.1. The molecule has 0 unspecified atom stereocenters. The lowest BCUT2D eigenvalue weighted by Gasteiger charge is -2.28. The Morgan fingerprint density at radius 3 is 2.91 bits per heavy atom. The summed E-state index contributed by atoms with van der Waals surface area (Å²) in [6.07, 6.45) is 4.08. The van der Waals surface area contributed by atoms with E-state index in [0.717, 1.165) is 32.2 Å². The topological polar surface area (TPSA) is 101 Å². The summed E-state index contributed by atoms with van der Waals surface area (Å²) in [6, 6.07) is 5.79. The predicted octanol–water partition coefficient (Wildman–Crippen LogP) is 1.41. The quantitative estimate of drug-likeness (QED) is 0.629. The Morgan fingerprint density at radius 2 is 2.14 bits per heavy atom. The van der Waals surface area contributed by atoms with Crippen LogP contribution in [0.3, 0.4) is 0 Å². The first kappa shape index (κ1) is 15.4. The number of nitrogens with zero attached hydrogens (tertiary/aromatic N) is 1. The van der Waals surface area contributed by atoms with Gasteiger partial charge in [0.1, 0.15) is 0 Å². The maximum absolute atomic E-state index is 12.5. The van der Waals surface area contributed by atoms with Crippen LogP contribution in [0, 0.1) is 15.5 Å². The van der Waals surface area contributed by atoms with Crippen LogP contribution in [0.4, 0.5) is 5.69 Å². The van der Waals surface area contributed by atoms with Crippen molar-refractivity contribution in [3.8, 4) is 0 Å². The van der Waals surface area contributed by atoms with Gasteiger partial charge in [-0.2, -0.15) is 0 Å². The summed E-state index contributed by atoms with van der Waals surface area (Å²) in [6.45, 7) is 1.23. The first-order valence-electron chi connectivity index (χ1n) is 7.41. The van der Waals surface area contributed by atoms with Crippen molar-refractivity contribution in [2.45, 2.75) is 36.6 Å². The van der Waals surface area contributed by atoms with Crippen LogP contribution < -0.4 is 10.0 Å². The minimum Gasteiger partial charge on any atom is -0.313 e.